The van der Waals surface area contributed by atoms with Gasteiger partial charge in [0.2, 0.25) is 0 Å². The van der Waals surface area contributed by atoms with Crippen LogP contribution in [-0.2, 0) is 0 Å². The van der Waals surface area contributed by atoms with Gasteiger partial charge in [0, 0.05) is 32.2 Å². The summed E-state index contributed by atoms with van der Waals surface area (Å²) in [7, 11) is 0. The lowest BCUT2D eigenvalue weighted by Crippen LogP contribution is -2.53. The van der Waals surface area contributed by atoms with Crippen molar-refractivity contribution in [3.63, 3.8) is 0 Å². The molecule has 3 nitrogen and oxygen atoms in total. The van der Waals surface area contributed by atoms with Crippen molar-refractivity contribution in [3.8, 4) is 0 Å². The fourth-order valence-corrected chi connectivity index (χ4v) is 3.35. The molecule has 2 fully saturated rings. The van der Waals surface area contributed by atoms with Gasteiger partial charge in [-0.05, 0) is 38.0 Å². The summed E-state index contributed by atoms with van der Waals surface area (Å²) in [6, 6.07) is 0.639. The van der Waals surface area contributed by atoms with E-state index >= 15 is 0 Å². The molecular formula is C14H27N3S. The molecule has 18 heavy (non-hydrogen) atoms. The minimum absolute atomic E-state index is 0.639. The van der Waals surface area contributed by atoms with E-state index in [9.17, 15) is 0 Å². The van der Waals surface area contributed by atoms with Crippen molar-refractivity contribution < 1.29 is 0 Å². The predicted octanol–water partition coefficient (Wildman–Crippen LogP) is 2.22. The van der Waals surface area contributed by atoms with Gasteiger partial charge < -0.3 is 10.2 Å². The highest BCUT2D eigenvalue weighted by Crippen LogP contribution is 2.17. The third-order valence-electron chi connectivity index (χ3n) is 4.13. The molecule has 0 amide bonds. The van der Waals surface area contributed by atoms with E-state index in [2.05, 4.69) is 22.0 Å². The molecule has 104 valence electrons. The number of piperazine rings is 1. The first-order valence-corrected chi connectivity index (χ1v) is 7.98. The summed E-state index contributed by atoms with van der Waals surface area (Å²) in [5, 5.41) is 4.57. The molecule has 0 bridgehead atoms. The van der Waals surface area contributed by atoms with Gasteiger partial charge in [0.25, 0.3) is 0 Å². The first-order chi connectivity index (χ1) is 8.79. The van der Waals surface area contributed by atoms with Crippen molar-refractivity contribution in [1.29, 1.82) is 0 Å². The zero-order chi connectivity index (χ0) is 12.8. The number of hydrogen-bond acceptors (Lipinski definition) is 2. The Balaban J connectivity index is 1.70. The Labute approximate surface area is 117 Å². The molecule has 0 aromatic carbocycles. The summed E-state index contributed by atoms with van der Waals surface area (Å²) in [6.07, 6.45) is 7.99. The van der Waals surface area contributed by atoms with Crippen LogP contribution in [-0.4, -0.2) is 53.7 Å². The second kappa shape index (κ2) is 7.29. The Morgan fingerprint density at radius 3 is 2.39 bits per heavy atom. The highest BCUT2D eigenvalue weighted by Gasteiger charge is 2.20. The molecule has 1 aliphatic heterocycles. The summed E-state index contributed by atoms with van der Waals surface area (Å²) in [4.78, 5) is 4.90. The van der Waals surface area contributed by atoms with E-state index < -0.39 is 0 Å². The molecule has 1 saturated heterocycles. The van der Waals surface area contributed by atoms with Crippen LogP contribution in [0.2, 0.25) is 0 Å². The number of thiocarbonyl (C=S) groups is 1. The van der Waals surface area contributed by atoms with Crippen molar-refractivity contribution in [3.05, 3.63) is 0 Å². The topological polar surface area (TPSA) is 18.5 Å². The zero-order valence-corrected chi connectivity index (χ0v) is 12.5. The third kappa shape index (κ3) is 4.09. The van der Waals surface area contributed by atoms with Crippen molar-refractivity contribution in [2.24, 2.45) is 0 Å². The lowest BCUT2D eigenvalue weighted by molar-refractivity contribution is 0.180. The van der Waals surface area contributed by atoms with E-state index in [1.807, 2.05) is 0 Å². The summed E-state index contributed by atoms with van der Waals surface area (Å²) < 4.78 is 0. The van der Waals surface area contributed by atoms with Crippen LogP contribution < -0.4 is 5.32 Å². The number of rotatable bonds is 3. The number of nitrogens with zero attached hydrogens (tertiary/aromatic N) is 2. The predicted molar refractivity (Wildman–Crippen MR) is 80.9 cm³/mol. The molecular weight excluding hydrogens is 242 g/mol. The minimum atomic E-state index is 0.639. The van der Waals surface area contributed by atoms with Gasteiger partial charge in [0.1, 0.15) is 0 Å². The molecule has 0 unspecified atom stereocenters. The monoisotopic (exact) mass is 269 g/mol. The van der Waals surface area contributed by atoms with E-state index in [1.54, 1.807) is 0 Å². The molecule has 1 heterocycles. The molecule has 2 rings (SSSR count). The van der Waals surface area contributed by atoms with Crippen molar-refractivity contribution >= 4 is 17.3 Å². The molecule has 4 heteroatoms. The van der Waals surface area contributed by atoms with Gasteiger partial charge in [-0.15, -0.1) is 0 Å². The third-order valence-corrected chi connectivity index (χ3v) is 4.51. The summed E-state index contributed by atoms with van der Waals surface area (Å²) >= 11 is 5.55. The lowest BCUT2D eigenvalue weighted by atomic mass is 9.96. The molecule has 2 aliphatic rings. The second-order valence-electron chi connectivity index (χ2n) is 5.61. The molecule has 0 aromatic heterocycles. The average Bonchev–Trinajstić information content (AvgIpc) is 2.41. The van der Waals surface area contributed by atoms with Crippen LogP contribution in [0.1, 0.15) is 45.4 Å². The van der Waals surface area contributed by atoms with Gasteiger partial charge in [0.05, 0.1) is 0 Å². The molecule has 0 spiro atoms. The quantitative estimate of drug-likeness (QED) is 0.792. The van der Waals surface area contributed by atoms with E-state index in [0.29, 0.717) is 6.04 Å². The summed E-state index contributed by atoms with van der Waals surface area (Å²) in [5.74, 6) is 0. The van der Waals surface area contributed by atoms with Crippen molar-refractivity contribution in [2.75, 3.05) is 32.7 Å². The van der Waals surface area contributed by atoms with E-state index in [1.165, 1.54) is 58.2 Å². The molecule has 0 atom stereocenters. The van der Waals surface area contributed by atoms with Gasteiger partial charge in [-0.3, -0.25) is 4.90 Å². The maximum Gasteiger partial charge on any atom is 0.169 e. The largest absolute Gasteiger partial charge is 0.360 e. The van der Waals surface area contributed by atoms with Crippen LogP contribution in [0, 0.1) is 0 Å². The minimum Gasteiger partial charge on any atom is -0.360 e. The first kappa shape index (κ1) is 14.1. The molecule has 1 N–H and O–H groups in total. The van der Waals surface area contributed by atoms with Gasteiger partial charge >= 0.3 is 0 Å². The van der Waals surface area contributed by atoms with Crippen LogP contribution in [0.15, 0.2) is 0 Å². The SMILES string of the molecule is CCCN1CCN(C(=S)NC2CCCCC2)CC1. The van der Waals surface area contributed by atoms with E-state index in [4.69, 9.17) is 12.2 Å². The van der Waals surface area contributed by atoms with Gasteiger partial charge in [-0.2, -0.15) is 0 Å². The fourth-order valence-electron chi connectivity index (χ4n) is 3.00. The Morgan fingerprint density at radius 2 is 1.78 bits per heavy atom. The Hall–Kier alpha value is -0.350. The van der Waals surface area contributed by atoms with E-state index in [0.717, 1.165) is 18.2 Å². The smallest absolute Gasteiger partial charge is 0.169 e. The molecule has 1 aliphatic carbocycles. The zero-order valence-electron chi connectivity index (χ0n) is 11.7. The average molecular weight is 269 g/mol. The molecule has 0 radical (unpaired) electrons. The lowest BCUT2D eigenvalue weighted by Gasteiger charge is -2.37. The summed E-state index contributed by atoms with van der Waals surface area (Å²) in [5.41, 5.74) is 0. The Morgan fingerprint density at radius 1 is 1.11 bits per heavy atom. The first-order valence-electron chi connectivity index (χ1n) is 7.57. The molecule has 1 saturated carbocycles. The van der Waals surface area contributed by atoms with Crippen molar-refractivity contribution in [2.45, 2.75) is 51.5 Å². The van der Waals surface area contributed by atoms with Crippen LogP contribution >= 0.6 is 12.2 Å². The van der Waals surface area contributed by atoms with Crippen LogP contribution in [0.4, 0.5) is 0 Å². The van der Waals surface area contributed by atoms with E-state index in [-0.39, 0.29) is 0 Å². The standard InChI is InChI=1S/C14H27N3S/c1-2-8-16-9-11-17(12-10-16)14(18)15-13-6-4-3-5-7-13/h13H,2-12H2,1H3,(H,15,18). The van der Waals surface area contributed by atoms with Gasteiger partial charge in [-0.1, -0.05) is 26.2 Å². The van der Waals surface area contributed by atoms with Crippen molar-refractivity contribution in [1.82, 2.24) is 15.1 Å². The van der Waals surface area contributed by atoms with Crippen LogP contribution in [0.25, 0.3) is 0 Å². The number of nitrogens with one attached hydrogen (secondary N) is 1. The normalized spacial score (nSPS) is 23.1. The second-order valence-corrected chi connectivity index (χ2v) is 6.00. The highest BCUT2D eigenvalue weighted by atomic mass is 32.1. The van der Waals surface area contributed by atoms with Crippen LogP contribution in [0.3, 0.4) is 0 Å². The fraction of sp³-hybridized carbons (Fsp3) is 0.929. The molecule has 0 aromatic rings. The Bertz CT molecular complexity index is 256. The van der Waals surface area contributed by atoms with Crippen LogP contribution in [0.5, 0.6) is 0 Å². The van der Waals surface area contributed by atoms with Gasteiger partial charge in [0.15, 0.2) is 5.11 Å². The number of hydrogen-bond donors (Lipinski definition) is 1. The summed E-state index contributed by atoms with van der Waals surface area (Å²) in [6.45, 7) is 8.01. The van der Waals surface area contributed by atoms with Gasteiger partial charge in [-0.25, -0.2) is 0 Å². The highest BCUT2D eigenvalue weighted by molar-refractivity contribution is 7.80. The maximum absolute atomic E-state index is 5.55. The Kier molecular flexibility index (Phi) is 5.70. The maximum atomic E-state index is 5.55.